The van der Waals surface area contributed by atoms with Crippen LogP contribution in [-0.2, 0) is 4.74 Å². The van der Waals surface area contributed by atoms with E-state index in [1.165, 1.54) is 12.1 Å². The number of piperidine rings is 1. The maximum absolute atomic E-state index is 13.3. The van der Waals surface area contributed by atoms with Gasteiger partial charge >= 0.3 is 12.1 Å². The van der Waals surface area contributed by atoms with Gasteiger partial charge < -0.3 is 20.3 Å². The Morgan fingerprint density at radius 2 is 2.09 bits per heavy atom. The zero-order chi connectivity index (χ0) is 16.8. The van der Waals surface area contributed by atoms with Gasteiger partial charge in [0.15, 0.2) is 0 Å². The van der Waals surface area contributed by atoms with E-state index in [-0.39, 0.29) is 17.2 Å². The van der Waals surface area contributed by atoms with E-state index in [4.69, 9.17) is 16.3 Å². The molecule has 8 heteroatoms. The molecule has 6 nitrogen and oxygen atoms in total. The number of nitrogens with one attached hydrogen (secondary N) is 2. The standard InChI is InChI=1S/C15H19ClFN3O3/c1-2-23-15(22)20-7-5-10(6-8-20)18-14(21)19-11-3-4-12(16)13(17)9-11/h3-4,9-10H,2,5-8H2,1H3,(H2,18,19,21). The molecule has 2 rings (SSSR count). The summed E-state index contributed by atoms with van der Waals surface area (Å²) in [6.07, 6.45) is 0.953. The van der Waals surface area contributed by atoms with Crippen molar-refractivity contribution in [2.45, 2.75) is 25.8 Å². The summed E-state index contributed by atoms with van der Waals surface area (Å²) in [4.78, 5) is 25.1. The molecule has 1 aliphatic heterocycles. The SMILES string of the molecule is CCOC(=O)N1CCC(NC(=O)Nc2ccc(Cl)c(F)c2)CC1. The van der Waals surface area contributed by atoms with Crippen LogP contribution in [-0.4, -0.2) is 42.8 Å². The topological polar surface area (TPSA) is 70.7 Å². The second-order valence-electron chi connectivity index (χ2n) is 5.19. The van der Waals surface area contributed by atoms with E-state index in [2.05, 4.69) is 10.6 Å². The van der Waals surface area contributed by atoms with Gasteiger partial charge in [-0.15, -0.1) is 0 Å². The number of nitrogens with zero attached hydrogens (tertiary/aromatic N) is 1. The number of urea groups is 1. The second-order valence-corrected chi connectivity index (χ2v) is 5.59. The lowest BCUT2D eigenvalue weighted by Gasteiger charge is -2.31. The number of ether oxygens (including phenoxy) is 1. The number of hydrogen-bond acceptors (Lipinski definition) is 3. The van der Waals surface area contributed by atoms with Crippen LogP contribution >= 0.6 is 11.6 Å². The third kappa shape index (κ3) is 4.99. The maximum atomic E-state index is 13.3. The van der Waals surface area contributed by atoms with Crippen LogP contribution in [0.5, 0.6) is 0 Å². The molecule has 0 aliphatic carbocycles. The molecule has 0 atom stereocenters. The molecule has 3 amide bonds. The van der Waals surface area contributed by atoms with Gasteiger partial charge in [-0.3, -0.25) is 0 Å². The van der Waals surface area contributed by atoms with E-state index in [1.807, 2.05) is 0 Å². The Morgan fingerprint density at radius 3 is 2.70 bits per heavy atom. The predicted octanol–water partition coefficient (Wildman–Crippen LogP) is 3.22. The van der Waals surface area contributed by atoms with E-state index in [1.54, 1.807) is 11.8 Å². The molecule has 1 fully saturated rings. The third-order valence-electron chi connectivity index (χ3n) is 3.53. The summed E-state index contributed by atoms with van der Waals surface area (Å²) in [5.74, 6) is -0.591. The summed E-state index contributed by atoms with van der Waals surface area (Å²) in [5.41, 5.74) is 0.327. The largest absolute Gasteiger partial charge is 0.450 e. The molecular formula is C15H19ClFN3O3. The van der Waals surface area contributed by atoms with Gasteiger partial charge in [0.2, 0.25) is 0 Å². The molecule has 1 saturated heterocycles. The fraction of sp³-hybridized carbons (Fsp3) is 0.467. The quantitative estimate of drug-likeness (QED) is 0.885. The van der Waals surface area contributed by atoms with Crippen molar-refractivity contribution in [3.63, 3.8) is 0 Å². The predicted molar refractivity (Wildman–Crippen MR) is 85.2 cm³/mol. The minimum atomic E-state index is -0.591. The summed E-state index contributed by atoms with van der Waals surface area (Å²) in [6, 6.07) is 3.60. The van der Waals surface area contributed by atoms with Crippen LogP contribution in [0, 0.1) is 5.82 Å². The summed E-state index contributed by atoms with van der Waals surface area (Å²) >= 11 is 5.59. The second kappa shape index (κ2) is 8.01. The highest BCUT2D eigenvalue weighted by atomic mass is 35.5. The number of halogens is 2. The van der Waals surface area contributed by atoms with Crippen molar-refractivity contribution in [1.29, 1.82) is 0 Å². The Kier molecular flexibility index (Phi) is 6.04. The molecule has 0 aromatic heterocycles. The first-order valence-electron chi connectivity index (χ1n) is 7.44. The third-order valence-corrected chi connectivity index (χ3v) is 3.84. The fourth-order valence-corrected chi connectivity index (χ4v) is 2.47. The van der Waals surface area contributed by atoms with Crippen molar-refractivity contribution >= 4 is 29.4 Å². The molecule has 0 saturated carbocycles. The van der Waals surface area contributed by atoms with Crippen molar-refractivity contribution in [2.75, 3.05) is 25.0 Å². The van der Waals surface area contributed by atoms with Crippen molar-refractivity contribution in [3.8, 4) is 0 Å². The van der Waals surface area contributed by atoms with Crippen LogP contribution in [0.15, 0.2) is 18.2 Å². The van der Waals surface area contributed by atoms with Crippen molar-refractivity contribution in [3.05, 3.63) is 29.0 Å². The first kappa shape index (κ1) is 17.3. The minimum absolute atomic E-state index is 0.00213. The number of rotatable bonds is 3. The number of carbonyl (C=O) groups excluding carboxylic acids is 2. The molecule has 0 spiro atoms. The van der Waals surface area contributed by atoms with Crippen molar-refractivity contribution in [1.82, 2.24) is 10.2 Å². The van der Waals surface area contributed by atoms with Crippen LogP contribution in [0.2, 0.25) is 5.02 Å². The zero-order valence-electron chi connectivity index (χ0n) is 12.8. The summed E-state index contributed by atoms with van der Waals surface area (Å²) in [6.45, 7) is 3.16. The molecule has 1 aromatic carbocycles. The Hall–Kier alpha value is -2.02. The van der Waals surface area contributed by atoms with Crippen LogP contribution in [0.4, 0.5) is 19.7 Å². The van der Waals surface area contributed by atoms with Crippen LogP contribution < -0.4 is 10.6 Å². The monoisotopic (exact) mass is 343 g/mol. The lowest BCUT2D eigenvalue weighted by atomic mass is 10.1. The number of anilines is 1. The van der Waals surface area contributed by atoms with E-state index < -0.39 is 11.8 Å². The average molecular weight is 344 g/mol. The Balaban J connectivity index is 1.78. The van der Waals surface area contributed by atoms with E-state index in [0.717, 1.165) is 6.07 Å². The Bertz CT molecular complexity index is 577. The molecule has 1 heterocycles. The molecule has 0 unspecified atom stereocenters. The summed E-state index contributed by atoms with van der Waals surface area (Å²) < 4.78 is 18.3. The lowest BCUT2D eigenvalue weighted by molar-refractivity contribution is 0.0959. The number of benzene rings is 1. The van der Waals surface area contributed by atoms with Gasteiger partial charge in [0.05, 0.1) is 11.6 Å². The van der Waals surface area contributed by atoms with Gasteiger partial charge in [0.1, 0.15) is 5.82 Å². The number of hydrogen-bond donors (Lipinski definition) is 2. The summed E-state index contributed by atoms with van der Waals surface area (Å²) in [5, 5.41) is 5.37. The van der Waals surface area contributed by atoms with Gasteiger partial charge in [-0.2, -0.15) is 0 Å². The highest BCUT2D eigenvalue weighted by Crippen LogP contribution is 2.19. The smallest absolute Gasteiger partial charge is 0.409 e. The minimum Gasteiger partial charge on any atom is -0.450 e. The molecule has 0 radical (unpaired) electrons. The highest BCUT2D eigenvalue weighted by Gasteiger charge is 2.24. The molecular weight excluding hydrogens is 325 g/mol. The van der Waals surface area contributed by atoms with E-state index >= 15 is 0 Å². The van der Waals surface area contributed by atoms with Crippen LogP contribution in [0.1, 0.15) is 19.8 Å². The maximum Gasteiger partial charge on any atom is 0.409 e. The fourth-order valence-electron chi connectivity index (χ4n) is 2.35. The molecule has 1 aliphatic rings. The number of carbonyl (C=O) groups is 2. The molecule has 126 valence electrons. The average Bonchev–Trinajstić information content (AvgIpc) is 2.52. The van der Waals surface area contributed by atoms with Crippen LogP contribution in [0.3, 0.4) is 0 Å². The van der Waals surface area contributed by atoms with Gasteiger partial charge in [0.25, 0.3) is 0 Å². The molecule has 23 heavy (non-hydrogen) atoms. The Morgan fingerprint density at radius 1 is 1.39 bits per heavy atom. The first-order valence-corrected chi connectivity index (χ1v) is 7.81. The van der Waals surface area contributed by atoms with Gasteiger partial charge in [-0.1, -0.05) is 11.6 Å². The number of likely N-dealkylation sites (tertiary alicyclic amines) is 1. The first-order chi connectivity index (χ1) is 11.0. The van der Waals surface area contributed by atoms with E-state index in [9.17, 15) is 14.0 Å². The van der Waals surface area contributed by atoms with Gasteiger partial charge in [-0.05, 0) is 38.0 Å². The molecule has 1 aromatic rings. The van der Waals surface area contributed by atoms with Gasteiger partial charge in [0, 0.05) is 24.8 Å². The highest BCUT2D eigenvalue weighted by molar-refractivity contribution is 6.30. The van der Waals surface area contributed by atoms with Gasteiger partial charge in [-0.25, -0.2) is 14.0 Å². The lowest BCUT2D eigenvalue weighted by Crippen LogP contribution is -2.47. The Labute approximate surface area is 138 Å². The zero-order valence-corrected chi connectivity index (χ0v) is 13.5. The summed E-state index contributed by atoms with van der Waals surface area (Å²) in [7, 11) is 0. The van der Waals surface area contributed by atoms with Crippen molar-refractivity contribution in [2.24, 2.45) is 0 Å². The van der Waals surface area contributed by atoms with E-state index in [0.29, 0.717) is 38.2 Å². The van der Waals surface area contributed by atoms with Crippen LogP contribution in [0.25, 0.3) is 0 Å². The van der Waals surface area contributed by atoms with Crippen molar-refractivity contribution < 1.29 is 18.7 Å². The normalized spacial score (nSPS) is 15.2. The molecule has 2 N–H and O–H groups in total. The molecule has 0 bridgehead atoms. The number of amides is 3.